The van der Waals surface area contributed by atoms with Gasteiger partial charge in [0.15, 0.2) is 0 Å². The van der Waals surface area contributed by atoms with Crippen LogP contribution in [-0.4, -0.2) is 13.1 Å². The fourth-order valence-corrected chi connectivity index (χ4v) is 2.70. The number of carbonyl (C=O) groups is 1. The van der Waals surface area contributed by atoms with Gasteiger partial charge >= 0.3 is 5.97 Å². The van der Waals surface area contributed by atoms with Crippen molar-refractivity contribution in [2.24, 2.45) is 0 Å². The molecule has 0 spiro atoms. The number of halogens is 1. The highest BCUT2D eigenvalue weighted by atomic mass is 32.1. The lowest BCUT2D eigenvalue weighted by Crippen LogP contribution is -2.23. The maximum atomic E-state index is 13.1. The highest BCUT2D eigenvalue weighted by Crippen LogP contribution is 2.23. The quantitative estimate of drug-likeness (QED) is 0.831. The molecule has 2 rings (SSSR count). The summed E-state index contributed by atoms with van der Waals surface area (Å²) in [5.74, 6) is -0.528. The van der Waals surface area contributed by atoms with Gasteiger partial charge in [0, 0.05) is 11.4 Å². The molecule has 0 fully saturated rings. The van der Waals surface area contributed by atoms with E-state index in [2.05, 4.69) is 5.32 Å². The van der Waals surface area contributed by atoms with Crippen molar-refractivity contribution >= 4 is 17.3 Å². The summed E-state index contributed by atoms with van der Waals surface area (Å²) in [6.07, 6.45) is 0.256. The van der Waals surface area contributed by atoms with E-state index in [0.29, 0.717) is 6.54 Å². The van der Waals surface area contributed by atoms with E-state index in [9.17, 15) is 9.18 Å². The molecule has 3 nitrogen and oxygen atoms in total. The molecule has 0 aliphatic rings. The standard InChI is InChI=1S/C15H16FNO2S/c1-19-15(18)9-13(14-6-3-7-20-14)17-10-11-4-2-5-12(16)8-11/h2-8,13,17H,9-10H2,1H3. The summed E-state index contributed by atoms with van der Waals surface area (Å²) in [5, 5.41) is 5.24. The number of methoxy groups -OCH3 is 1. The first-order chi connectivity index (χ1) is 9.69. The van der Waals surface area contributed by atoms with Crippen LogP contribution in [0.1, 0.15) is 22.9 Å². The minimum Gasteiger partial charge on any atom is -0.469 e. The molecule has 1 atom stereocenters. The van der Waals surface area contributed by atoms with Crippen molar-refractivity contribution in [1.29, 1.82) is 0 Å². The van der Waals surface area contributed by atoms with Gasteiger partial charge < -0.3 is 10.1 Å². The summed E-state index contributed by atoms with van der Waals surface area (Å²) in [7, 11) is 1.38. The molecule has 2 aromatic rings. The van der Waals surface area contributed by atoms with Crippen molar-refractivity contribution in [3.8, 4) is 0 Å². The van der Waals surface area contributed by atoms with Crippen LogP contribution in [0, 0.1) is 5.82 Å². The van der Waals surface area contributed by atoms with Crippen molar-refractivity contribution < 1.29 is 13.9 Å². The number of hydrogen-bond acceptors (Lipinski definition) is 4. The molecular weight excluding hydrogens is 277 g/mol. The van der Waals surface area contributed by atoms with E-state index in [1.54, 1.807) is 17.4 Å². The molecule has 0 amide bonds. The van der Waals surface area contributed by atoms with Gasteiger partial charge in [0.2, 0.25) is 0 Å². The zero-order valence-electron chi connectivity index (χ0n) is 11.1. The number of esters is 1. The Morgan fingerprint density at radius 2 is 2.25 bits per heavy atom. The lowest BCUT2D eigenvalue weighted by Gasteiger charge is -2.16. The van der Waals surface area contributed by atoms with E-state index in [4.69, 9.17) is 4.74 Å². The van der Waals surface area contributed by atoms with E-state index < -0.39 is 0 Å². The number of hydrogen-bond donors (Lipinski definition) is 1. The third-order valence-electron chi connectivity index (χ3n) is 2.93. The monoisotopic (exact) mass is 293 g/mol. The van der Waals surface area contributed by atoms with Gasteiger partial charge in [0.25, 0.3) is 0 Å². The third kappa shape index (κ3) is 4.15. The molecule has 0 saturated heterocycles. The van der Waals surface area contributed by atoms with Gasteiger partial charge in [-0.25, -0.2) is 4.39 Å². The predicted octanol–water partition coefficient (Wildman–Crippen LogP) is 3.28. The van der Waals surface area contributed by atoms with Crippen LogP contribution in [0.4, 0.5) is 4.39 Å². The lowest BCUT2D eigenvalue weighted by molar-refractivity contribution is -0.141. The first kappa shape index (κ1) is 14.7. The Morgan fingerprint density at radius 1 is 1.40 bits per heavy atom. The molecular formula is C15H16FNO2S. The molecule has 0 radical (unpaired) electrons. The smallest absolute Gasteiger partial charge is 0.307 e. The van der Waals surface area contributed by atoms with Crippen LogP contribution >= 0.6 is 11.3 Å². The highest BCUT2D eigenvalue weighted by molar-refractivity contribution is 7.10. The third-order valence-corrected chi connectivity index (χ3v) is 3.91. The molecule has 20 heavy (non-hydrogen) atoms. The van der Waals surface area contributed by atoms with E-state index in [1.807, 2.05) is 23.6 Å². The van der Waals surface area contributed by atoms with Gasteiger partial charge in [-0.15, -0.1) is 11.3 Å². The Balaban J connectivity index is 2.02. The second-order valence-electron chi connectivity index (χ2n) is 4.36. The average molecular weight is 293 g/mol. The van der Waals surface area contributed by atoms with Crippen LogP contribution in [-0.2, 0) is 16.1 Å². The van der Waals surface area contributed by atoms with Gasteiger partial charge in [-0.1, -0.05) is 18.2 Å². The predicted molar refractivity (Wildman–Crippen MR) is 76.9 cm³/mol. The Morgan fingerprint density at radius 3 is 2.90 bits per heavy atom. The van der Waals surface area contributed by atoms with Crippen molar-refractivity contribution in [3.63, 3.8) is 0 Å². The minimum atomic E-state index is -0.268. The Kier molecular flexibility index (Phi) is 5.26. The van der Waals surface area contributed by atoms with Crippen molar-refractivity contribution in [2.45, 2.75) is 19.0 Å². The SMILES string of the molecule is COC(=O)CC(NCc1cccc(F)c1)c1cccs1. The molecule has 0 aliphatic carbocycles. The number of benzene rings is 1. The average Bonchev–Trinajstić information content (AvgIpc) is 2.97. The topological polar surface area (TPSA) is 38.3 Å². The molecule has 1 unspecified atom stereocenters. The first-order valence-electron chi connectivity index (χ1n) is 6.27. The van der Waals surface area contributed by atoms with Crippen LogP contribution in [0.2, 0.25) is 0 Å². The van der Waals surface area contributed by atoms with Gasteiger partial charge in [-0.3, -0.25) is 4.79 Å². The van der Waals surface area contributed by atoms with Gasteiger partial charge in [0.05, 0.1) is 19.6 Å². The fourth-order valence-electron chi connectivity index (χ4n) is 1.90. The summed E-state index contributed by atoms with van der Waals surface area (Å²) < 4.78 is 17.8. The Labute approximate surface area is 121 Å². The van der Waals surface area contributed by atoms with Crippen LogP contribution in [0.15, 0.2) is 41.8 Å². The normalized spacial score (nSPS) is 12.1. The summed E-state index contributed by atoms with van der Waals surface area (Å²) in [6, 6.07) is 10.2. The van der Waals surface area contributed by atoms with Crippen LogP contribution in [0.25, 0.3) is 0 Å². The maximum Gasteiger partial charge on any atom is 0.307 e. The number of nitrogens with one attached hydrogen (secondary N) is 1. The number of rotatable bonds is 6. The van der Waals surface area contributed by atoms with E-state index in [1.165, 1.54) is 19.2 Å². The summed E-state index contributed by atoms with van der Waals surface area (Å²) in [5.41, 5.74) is 0.844. The van der Waals surface area contributed by atoms with Gasteiger partial charge in [0.1, 0.15) is 5.82 Å². The minimum absolute atomic E-state index is 0.120. The molecule has 1 aromatic carbocycles. The van der Waals surface area contributed by atoms with Crippen LogP contribution < -0.4 is 5.32 Å². The molecule has 0 aliphatic heterocycles. The highest BCUT2D eigenvalue weighted by Gasteiger charge is 2.17. The number of ether oxygens (including phenoxy) is 1. The van der Waals surface area contributed by atoms with Crippen molar-refractivity contribution in [2.75, 3.05) is 7.11 Å². The zero-order valence-corrected chi connectivity index (χ0v) is 12.0. The van der Waals surface area contributed by atoms with Crippen molar-refractivity contribution in [3.05, 3.63) is 58.0 Å². The Bertz CT molecular complexity index is 557. The summed E-state index contributed by atoms with van der Waals surface area (Å²) in [4.78, 5) is 12.5. The van der Waals surface area contributed by atoms with Crippen molar-refractivity contribution in [1.82, 2.24) is 5.32 Å². The maximum absolute atomic E-state index is 13.1. The van der Waals surface area contributed by atoms with E-state index >= 15 is 0 Å². The largest absolute Gasteiger partial charge is 0.469 e. The second-order valence-corrected chi connectivity index (χ2v) is 5.34. The molecule has 1 aromatic heterocycles. The zero-order chi connectivity index (χ0) is 14.4. The number of carbonyl (C=O) groups excluding carboxylic acids is 1. The van der Waals surface area contributed by atoms with E-state index in [0.717, 1.165) is 10.4 Å². The van der Waals surface area contributed by atoms with Crippen LogP contribution in [0.3, 0.4) is 0 Å². The van der Waals surface area contributed by atoms with Gasteiger partial charge in [-0.05, 0) is 29.1 Å². The van der Waals surface area contributed by atoms with Crippen LogP contribution in [0.5, 0.6) is 0 Å². The molecule has 0 saturated carbocycles. The van der Waals surface area contributed by atoms with E-state index in [-0.39, 0.29) is 24.2 Å². The molecule has 106 valence electrons. The molecule has 1 heterocycles. The second kappa shape index (κ2) is 7.17. The molecule has 1 N–H and O–H groups in total. The Hall–Kier alpha value is -1.72. The molecule has 0 bridgehead atoms. The fraction of sp³-hybridized carbons (Fsp3) is 0.267. The first-order valence-corrected chi connectivity index (χ1v) is 7.15. The van der Waals surface area contributed by atoms with Gasteiger partial charge in [-0.2, -0.15) is 0 Å². The lowest BCUT2D eigenvalue weighted by atomic mass is 10.1. The molecule has 5 heteroatoms. The summed E-state index contributed by atoms with van der Waals surface area (Å²) in [6.45, 7) is 0.497. The summed E-state index contributed by atoms with van der Waals surface area (Å²) >= 11 is 1.58. The number of thiophene rings is 1.